The predicted octanol–water partition coefficient (Wildman–Crippen LogP) is 2.65. The number of halogens is 1. The molecule has 4 heteroatoms. The van der Waals surface area contributed by atoms with Gasteiger partial charge in [-0.15, -0.1) is 11.6 Å². The van der Waals surface area contributed by atoms with Crippen molar-refractivity contribution in [2.24, 2.45) is 0 Å². The van der Waals surface area contributed by atoms with Gasteiger partial charge in [0.2, 0.25) is 0 Å². The molecule has 0 spiro atoms. The molecule has 0 heterocycles. The first-order chi connectivity index (χ1) is 7.19. The van der Waals surface area contributed by atoms with Gasteiger partial charge in [-0.05, 0) is 12.1 Å². The lowest BCUT2D eigenvalue weighted by Crippen LogP contribution is -1.97. The average molecular weight is 227 g/mol. The second-order valence-electron chi connectivity index (χ2n) is 2.82. The standard InChI is InChI=1S/C11H11ClO3/c1-15-10-7-9(11(13)14)5-4-8(10)3-2-6-12/h2-5,7H,6H2,1H3,(H,13,14). The molecule has 0 aliphatic heterocycles. The topological polar surface area (TPSA) is 46.5 Å². The highest BCUT2D eigenvalue weighted by atomic mass is 35.5. The Morgan fingerprint density at radius 2 is 2.33 bits per heavy atom. The maximum absolute atomic E-state index is 10.7. The van der Waals surface area contributed by atoms with Crippen molar-refractivity contribution >= 4 is 23.6 Å². The number of carboxylic acid groups (broad SMARTS) is 1. The number of ether oxygens (including phenoxy) is 1. The molecule has 1 aromatic rings. The number of aromatic carboxylic acids is 1. The number of methoxy groups -OCH3 is 1. The van der Waals surface area contributed by atoms with Gasteiger partial charge < -0.3 is 9.84 Å². The molecular formula is C11H11ClO3. The number of carboxylic acids is 1. The Morgan fingerprint density at radius 1 is 1.60 bits per heavy atom. The third-order valence-corrected chi connectivity index (χ3v) is 2.05. The second-order valence-corrected chi connectivity index (χ2v) is 3.13. The van der Waals surface area contributed by atoms with E-state index in [1.807, 2.05) is 0 Å². The number of carbonyl (C=O) groups is 1. The summed E-state index contributed by atoms with van der Waals surface area (Å²) in [5.41, 5.74) is 1.01. The largest absolute Gasteiger partial charge is 0.496 e. The maximum atomic E-state index is 10.7. The first-order valence-corrected chi connectivity index (χ1v) is 4.86. The number of allylic oxidation sites excluding steroid dienone is 1. The van der Waals surface area contributed by atoms with E-state index in [0.29, 0.717) is 11.6 Å². The van der Waals surface area contributed by atoms with E-state index in [1.165, 1.54) is 19.2 Å². The lowest BCUT2D eigenvalue weighted by Gasteiger charge is -2.05. The summed E-state index contributed by atoms with van der Waals surface area (Å²) in [6.07, 6.45) is 3.55. The molecule has 0 saturated carbocycles. The molecule has 0 bridgehead atoms. The number of hydrogen-bond acceptors (Lipinski definition) is 2. The zero-order valence-corrected chi connectivity index (χ0v) is 8.99. The van der Waals surface area contributed by atoms with Gasteiger partial charge in [-0.1, -0.05) is 18.2 Å². The van der Waals surface area contributed by atoms with Gasteiger partial charge in [0.15, 0.2) is 0 Å². The fraction of sp³-hybridized carbons (Fsp3) is 0.182. The van der Waals surface area contributed by atoms with Gasteiger partial charge in [0.05, 0.1) is 12.7 Å². The Morgan fingerprint density at radius 3 is 2.87 bits per heavy atom. The van der Waals surface area contributed by atoms with E-state index in [1.54, 1.807) is 18.2 Å². The molecule has 1 aromatic carbocycles. The molecule has 80 valence electrons. The Hall–Kier alpha value is -1.48. The quantitative estimate of drug-likeness (QED) is 0.803. The third-order valence-electron chi connectivity index (χ3n) is 1.87. The summed E-state index contributed by atoms with van der Waals surface area (Å²) < 4.78 is 5.08. The van der Waals surface area contributed by atoms with Crippen molar-refractivity contribution in [1.82, 2.24) is 0 Å². The highest BCUT2D eigenvalue weighted by Gasteiger charge is 2.06. The first-order valence-electron chi connectivity index (χ1n) is 4.33. The van der Waals surface area contributed by atoms with Crippen molar-refractivity contribution in [1.29, 1.82) is 0 Å². The molecule has 0 aromatic heterocycles. The fourth-order valence-corrected chi connectivity index (χ4v) is 1.24. The molecule has 0 unspecified atom stereocenters. The highest BCUT2D eigenvalue weighted by Crippen LogP contribution is 2.21. The highest BCUT2D eigenvalue weighted by molar-refractivity contribution is 6.19. The van der Waals surface area contributed by atoms with Crippen molar-refractivity contribution in [3.8, 4) is 5.75 Å². The fourth-order valence-electron chi connectivity index (χ4n) is 1.15. The molecule has 3 nitrogen and oxygen atoms in total. The molecule has 0 saturated heterocycles. The number of benzene rings is 1. The van der Waals surface area contributed by atoms with Crippen LogP contribution in [0, 0.1) is 0 Å². The van der Waals surface area contributed by atoms with Crippen LogP contribution in [0.4, 0.5) is 0 Å². The van der Waals surface area contributed by atoms with Crippen LogP contribution in [0.5, 0.6) is 5.75 Å². The smallest absolute Gasteiger partial charge is 0.335 e. The minimum Gasteiger partial charge on any atom is -0.496 e. The lowest BCUT2D eigenvalue weighted by atomic mass is 10.1. The summed E-state index contributed by atoms with van der Waals surface area (Å²) in [5, 5.41) is 8.78. The van der Waals surface area contributed by atoms with Gasteiger partial charge >= 0.3 is 5.97 Å². The summed E-state index contributed by atoms with van der Waals surface area (Å²) in [6, 6.07) is 4.69. The van der Waals surface area contributed by atoms with E-state index in [4.69, 9.17) is 21.4 Å². The van der Waals surface area contributed by atoms with Crippen molar-refractivity contribution in [3.63, 3.8) is 0 Å². The van der Waals surface area contributed by atoms with Crippen molar-refractivity contribution in [3.05, 3.63) is 35.4 Å². The second kappa shape index (κ2) is 5.41. The van der Waals surface area contributed by atoms with Crippen LogP contribution < -0.4 is 4.74 Å². The van der Waals surface area contributed by atoms with Gasteiger partial charge in [-0.25, -0.2) is 4.79 Å². The monoisotopic (exact) mass is 226 g/mol. The Bertz CT molecular complexity index is 385. The molecule has 0 aliphatic rings. The molecule has 0 fully saturated rings. The third kappa shape index (κ3) is 2.99. The SMILES string of the molecule is COc1cc(C(=O)O)ccc1C=CCCl. The van der Waals surface area contributed by atoms with Gasteiger partial charge in [-0.3, -0.25) is 0 Å². The van der Waals surface area contributed by atoms with Gasteiger partial charge in [-0.2, -0.15) is 0 Å². The molecule has 15 heavy (non-hydrogen) atoms. The molecule has 1 rings (SSSR count). The van der Waals surface area contributed by atoms with Gasteiger partial charge in [0, 0.05) is 11.4 Å². The van der Waals surface area contributed by atoms with Crippen LogP contribution in [0.3, 0.4) is 0 Å². The van der Waals surface area contributed by atoms with E-state index >= 15 is 0 Å². The molecule has 0 aliphatic carbocycles. The normalized spacial score (nSPS) is 10.5. The van der Waals surface area contributed by atoms with Crippen LogP contribution in [-0.4, -0.2) is 24.1 Å². The molecule has 0 radical (unpaired) electrons. The average Bonchev–Trinajstić information content (AvgIpc) is 2.25. The van der Waals surface area contributed by atoms with Crippen molar-refractivity contribution in [2.75, 3.05) is 13.0 Å². The van der Waals surface area contributed by atoms with E-state index in [0.717, 1.165) is 5.56 Å². The molecule has 0 atom stereocenters. The number of alkyl halides is 1. The van der Waals surface area contributed by atoms with Crippen LogP contribution in [-0.2, 0) is 0 Å². The maximum Gasteiger partial charge on any atom is 0.335 e. The lowest BCUT2D eigenvalue weighted by molar-refractivity contribution is 0.0696. The minimum atomic E-state index is -0.971. The number of rotatable bonds is 4. The summed E-state index contributed by atoms with van der Waals surface area (Å²) in [7, 11) is 1.50. The van der Waals surface area contributed by atoms with E-state index in [2.05, 4.69) is 0 Å². The van der Waals surface area contributed by atoms with Crippen LogP contribution in [0.1, 0.15) is 15.9 Å². The van der Waals surface area contributed by atoms with Crippen LogP contribution in [0.15, 0.2) is 24.3 Å². The number of hydrogen-bond donors (Lipinski definition) is 1. The summed E-state index contributed by atoms with van der Waals surface area (Å²) in [6.45, 7) is 0. The Labute approximate surface area is 92.9 Å². The summed E-state index contributed by atoms with van der Waals surface area (Å²) in [5.74, 6) is -0.0402. The first kappa shape index (κ1) is 11.6. The summed E-state index contributed by atoms with van der Waals surface area (Å²) >= 11 is 5.51. The van der Waals surface area contributed by atoms with Crippen molar-refractivity contribution < 1.29 is 14.6 Å². The van der Waals surface area contributed by atoms with E-state index in [9.17, 15) is 4.79 Å². The van der Waals surface area contributed by atoms with Crippen LogP contribution in [0.25, 0.3) is 6.08 Å². The van der Waals surface area contributed by atoms with Crippen molar-refractivity contribution in [2.45, 2.75) is 0 Å². The minimum absolute atomic E-state index is 0.204. The Kier molecular flexibility index (Phi) is 4.18. The van der Waals surface area contributed by atoms with Gasteiger partial charge in [0.25, 0.3) is 0 Å². The van der Waals surface area contributed by atoms with E-state index < -0.39 is 5.97 Å². The van der Waals surface area contributed by atoms with E-state index in [-0.39, 0.29) is 5.56 Å². The molecular weight excluding hydrogens is 216 g/mol. The zero-order valence-electron chi connectivity index (χ0n) is 8.24. The Balaban J connectivity index is 3.09. The summed E-state index contributed by atoms with van der Waals surface area (Å²) in [4.78, 5) is 10.7. The predicted molar refractivity (Wildman–Crippen MR) is 59.7 cm³/mol. The van der Waals surface area contributed by atoms with Gasteiger partial charge in [0.1, 0.15) is 5.75 Å². The van der Waals surface area contributed by atoms with Crippen LogP contribution in [0.2, 0.25) is 0 Å². The molecule has 0 amide bonds. The van der Waals surface area contributed by atoms with Crippen LogP contribution >= 0.6 is 11.6 Å². The molecule has 1 N–H and O–H groups in total. The zero-order chi connectivity index (χ0) is 11.3.